The second kappa shape index (κ2) is 4.18. The molecular formula is C9H11NO2S. The SMILES string of the molecule is CCC(=O)c1ccc(NC(C)=O)s1. The first-order valence-electron chi connectivity index (χ1n) is 4.04. The molecule has 0 bridgehead atoms. The summed E-state index contributed by atoms with van der Waals surface area (Å²) in [5.41, 5.74) is 0. The van der Waals surface area contributed by atoms with Crippen LogP contribution in [0.15, 0.2) is 12.1 Å². The van der Waals surface area contributed by atoms with Crippen LogP contribution < -0.4 is 5.32 Å². The average Bonchev–Trinajstić information content (AvgIpc) is 2.50. The Morgan fingerprint density at radius 3 is 2.69 bits per heavy atom. The van der Waals surface area contributed by atoms with Crippen LogP contribution in [0.2, 0.25) is 0 Å². The van der Waals surface area contributed by atoms with Crippen LogP contribution in [-0.2, 0) is 4.79 Å². The van der Waals surface area contributed by atoms with Gasteiger partial charge >= 0.3 is 0 Å². The summed E-state index contributed by atoms with van der Waals surface area (Å²) in [6, 6.07) is 3.48. The Kier molecular flexibility index (Phi) is 3.19. The Morgan fingerprint density at radius 2 is 2.15 bits per heavy atom. The third kappa shape index (κ3) is 2.66. The van der Waals surface area contributed by atoms with Gasteiger partial charge in [0.1, 0.15) is 0 Å². The predicted octanol–water partition coefficient (Wildman–Crippen LogP) is 2.30. The number of ketones is 1. The molecule has 1 rings (SSSR count). The molecule has 0 saturated heterocycles. The van der Waals surface area contributed by atoms with Crippen molar-refractivity contribution in [2.45, 2.75) is 20.3 Å². The molecule has 0 saturated carbocycles. The molecular weight excluding hydrogens is 186 g/mol. The fourth-order valence-electron chi connectivity index (χ4n) is 0.903. The summed E-state index contributed by atoms with van der Waals surface area (Å²) in [6.07, 6.45) is 0.500. The molecule has 0 radical (unpaired) electrons. The molecule has 0 aliphatic rings. The molecule has 1 aromatic rings. The summed E-state index contributed by atoms with van der Waals surface area (Å²) < 4.78 is 0. The van der Waals surface area contributed by atoms with Gasteiger partial charge in [0.05, 0.1) is 9.88 Å². The summed E-state index contributed by atoms with van der Waals surface area (Å²) in [6.45, 7) is 3.27. The number of carbonyl (C=O) groups is 2. The van der Waals surface area contributed by atoms with Gasteiger partial charge in [-0.3, -0.25) is 9.59 Å². The van der Waals surface area contributed by atoms with Crippen LogP contribution in [0.4, 0.5) is 5.00 Å². The molecule has 13 heavy (non-hydrogen) atoms. The van der Waals surface area contributed by atoms with E-state index in [-0.39, 0.29) is 11.7 Å². The van der Waals surface area contributed by atoms with Gasteiger partial charge in [-0.05, 0) is 12.1 Å². The van der Waals surface area contributed by atoms with Gasteiger partial charge in [0, 0.05) is 13.3 Å². The number of thiophene rings is 1. The van der Waals surface area contributed by atoms with Crippen LogP contribution in [0.1, 0.15) is 29.9 Å². The summed E-state index contributed by atoms with van der Waals surface area (Å²) in [5.74, 6) is -0.000973. The predicted molar refractivity (Wildman–Crippen MR) is 53.2 cm³/mol. The van der Waals surface area contributed by atoms with Crippen LogP contribution in [-0.4, -0.2) is 11.7 Å². The van der Waals surface area contributed by atoms with E-state index in [0.29, 0.717) is 11.3 Å². The van der Waals surface area contributed by atoms with E-state index in [0.717, 1.165) is 5.00 Å². The lowest BCUT2D eigenvalue weighted by Gasteiger charge is -1.94. The molecule has 70 valence electrons. The largest absolute Gasteiger partial charge is 0.318 e. The molecule has 0 aliphatic heterocycles. The minimum Gasteiger partial charge on any atom is -0.318 e. The third-order valence-corrected chi connectivity index (χ3v) is 2.54. The van der Waals surface area contributed by atoms with Crippen molar-refractivity contribution >= 4 is 28.0 Å². The molecule has 0 fully saturated rings. The summed E-state index contributed by atoms with van der Waals surface area (Å²) in [5, 5.41) is 3.36. The molecule has 0 aliphatic carbocycles. The van der Waals surface area contributed by atoms with Gasteiger partial charge in [-0.1, -0.05) is 6.92 Å². The molecule has 3 nitrogen and oxygen atoms in total. The average molecular weight is 197 g/mol. The monoisotopic (exact) mass is 197 g/mol. The zero-order chi connectivity index (χ0) is 9.84. The third-order valence-electron chi connectivity index (χ3n) is 1.50. The van der Waals surface area contributed by atoms with Crippen molar-refractivity contribution < 1.29 is 9.59 Å². The quantitative estimate of drug-likeness (QED) is 0.756. The molecule has 1 N–H and O–H groups in total. The Bertz CT molecular complexity index is 330. The Morgan fingerprint density at radius 1 is 1.46 bits per heavy atom. The molecule has 1 heterocycles. The Labute approximate surface area is 80.8 Å². The second-order valence-corrected chi connectivity index (χ2v) is 3.71. The number of amides is 1. The topological polar surface area (TPSA) is 46.2 Å². The molecule has 1 aromatic heterocycles. The van der Waals surface area contributed by atoms with Crippen molar-refractivity contribution in [3.63, 3.8) is 0 Å². The molecule has 0 aromatic carbocycles. The summed E-state index contributed by atoms with van der Waals surface area (Å²) in [4.78, 5) is 22.6. The maximum atomic E-state index is 11.2. The molecule has 4 heteroatoms. The lowest BCUT2D eigenvalue weighted by Crippen LogP contribution is -2.03. The maximum Gasteiger partial charge on any atom is 0.221 e. The van der Waals surface area contributed by atoms with Crippen molar-refractivity contribution in [1.82, 2.24) is 0 Å². The van der Waals surface area contributed by atoms with Gasteiger partial charge in [0.2, 0.25) is 5.91 Å². The van der Waals surface area contributed by atoms with Gasteiger partial charge in [0.15, 0.2) is 5.78 Å². The van der Waals surface area contributed by atoms with Gasteiger partial charge in [-0.25, -0.2) is 0 Å². The van der Waals surface area contributed by atoms with Gasteiger partial charge in [-0.15, -0.1) is 11.3 Å². The van der Waals surface area contributed by atoms with Crippen LogP contribution in [0.3, 0.4) is 0 Å². The maximum absolute atomic E-state index is 11.2. The first kappa shape index (κ1) is 9.92. The van der Waals surface area contributed by atoms with Crippen molar-refractivity contribution in [2.75, 3.05) is 5.32 Å². The Balaban J connectivity index is 2.74. The van der Waals surface area contributed by atoms with Crippen molar-refractivity contribution in [3.8, 4) is 0 Å². The first-order chi connectivity index (χ1) is 6.13. The molecule has 0 atom stereocenters. The fourth-order valence-corrected chi connectivity index (χ4v) is 1.86. The number of hydrogen-bond donors (Lipinski definition) is 1. The minimum atomic E-state index is -0.114. The van der Waals surface area contributed by atoms with E-state index in [4.69, 9.17) is 0 Å². The number of rotatable bonds is 3. The zero-order valence-electron chi connectivity index (χ0n) is 7.59. The van der Waals surface area contributed by atoms with Crippen LogP contribution >= 0.6 is 11.3 Å². The van der Waals surface area contributed by atoms with Crippen LogP contribution in [0.25, 0.3) is 0 Å². The molecule has 1 amide bonds. The zero-order valence-corrected chi connectivity index (χ0v) is 8.40. The van der Waals surface area contributed by atoms with Crippen molar-refractivity contribution in [3.05, 3.63) is 17.0 Å². The van der Waals surface area contributed by atoms with E-state index in [1.165, 1.54) is 18.3 Å². The van der Waals surface area contributed by atoms with Gasteiger partial charge in [-0.2, -0.15) is 0 Å². The highest BCUT2D eigenvalue weighted by Crippen LogP contribution is 2.22. The number of anilines is 1. The van der Waals surface area contributed by atoms with E-state index in [1.807, 2.05) is 6.92 Å². The van der Waals surface area contributed by atoms with E-state index in [9.17, 15) is 9.59 Å². The normalized spacial score (nSPS) is 9.69. The number of carbonyl (C=O) groups excluding carboxylic acids is 2. The highest BCUT2D eigenvalue weighted by Gasteiger charge is 2.06. The number of hydrogen-bond acceptors (Lipinski definition) is 3. The van der Waals surface area contributed by atoms with E-state index >= 15 is 0 Å². The molecule has 0 spiro atoms. The van der Waals surface area contributed by atoms with Gasteiger partial charge in [0.25, 0.3) is 0 Å². The van der Waals surface area contributed by atoms with E-state index < -0.39 is 0 Å². The lowest BCUT2D eigenvalue weighted by atomic mass is 10.3. The lowest BCUT2D eigenvalue weighted by molar-refractivity contribution is -0.114. The molecule has 0 unspecified atom stereocenters. The van der Waals surface area contributed by atoms with E-state index in [1.54, 1.807) is 12.1 Å². The van der Waals surface area contributed by atoms with Crippen molar-refractivity contribution in [1.29, 1.82) is 0 Å². The van der Waals surface area contributed by atoms with E-state index in [2.05, 4.69) is 5.32 Å². The highest BCUT2D eigenvalue weighted by molar-refractivity contribution is 7.18. The van der Waals surface area contributed by atoms with Crippen LogP contribution in [0.5, 0.6) is 0 Å². The summed E-state index contributed by atoms with van der Waals surface area (Å²) >= 11 is 1.31. The first-order valence-corrected chi connectivity index (χ1v) is 4.85. The smallest absolute Gasteiger partial charge is 0.221 e. The second-order valence-electron chi connectivity index (χ2n) is 2.62. The Hall–Kier alpha value is -1.16. The summed E-state index contributed by atoms with van der Waals surface area (Å²) in [7, 11) is 0. The number of Topliss-reactive ketones (excluding diaryl/α,β-unsaturated/α-hetero) is 1. The minimum absolute atomic E-state index is 0.113. The van der Waals surface area contributed by atoms with Gasteiger partial charge < -0.3 is 5.32 Å². The fraction of sp³-hybridized carbons (Fsp3) is 0.333. The van der Waals surface area contributed by atoms with Crippen LogP contribution in [0, 0.1) is 0 Å². The highest BCUT2D eigenvalue weighted by atomic mass is 32.1. The number of nitrogens with one attached hydrogen (secondary N) is 1. The standard InChI is InChI=1S/C9H11NO2S/c1-3-7(12)8-4-5-9(13-8)10-6(2)11/h4-5H,3H2,1-2H3,(H,10,11). The van der Waals surface area contributed by atoms with Crippen molar-refractivity contribution in [2.24, 2.45) is 0 Å².